The molecule has 0 radical (unpaired) electrons. The van der Waals surface area contributed by atoms with Gasteiger partial charge >= 0.3 is 12.1 Å². The molecule has 1 saturated heterocycles. The topological polar surface area (TPSA) is 84.7 Å². The van der Waals surface area contributed by atoms with E-state index in [-0.39, 0.29) is 19.5 Å². The Morgan fingerprint density at radius 2 is 2.05 bits per heavy atom. The minimum Gasteiger partial charge on any atom is -0.481 e. The van der Waals surface area contributed by atoms with Crippen molar-refractivity contribution >= 4 is 12.1 Å². The quantitative estimate of drug-likeness (QED) is 0.915. The van der Waals surface area contributed by atoms with E-state index in [1.807, 2.05) is 13.0 Å². The van der Waals surface area contributed by atoms with E-state index in [0.29, 0.717) is 0 Å². The Labute approximate surface area is 123 Å². The summed E-state index contributed by atoms with van der Waals surface area (Å²) in [7, 11) is 0. The van der Waals surface area contributed by atoms with Crippen molar-refractivity contribution in [1.82, 2.24) is 14.7 Å². The number of amides is 1. The molecule has 1 amide bonds. The van der Waals surface area contributed by atoms with Gasteiger partial charge in [-0.3, -0.25) is 9.48 Å². The van der Waals surface area contributed by atoms with E-state index in [4.69, 9.17) is 9.84 Å². The number of hydrogen-bond donors (Lipinski definition) is 1. The van der Waals surface area contributed by atoms with Crippen LogP contribution in [0.1, 0.15) is 32.9 Å². The van der Waals surface area contributed by atoms with Gasteiger partial charge in [0.1, 0.15) is 11.1 Å². The van der Waals surface area contributed by atoms with Crippen molar-refractivity contribution in [1.29, 1.82) is 0 Å². The molecule has 0 saturated carbocycles. The van der Waals surface area contributed by atoms with Crippen LogP contribution in [0, 0.1) is 6.92 Å². The van der Waals surface area contributed by atoms with Crippen LogP contribution >= 0.6 is 0 Å². The molecule has 2 heterocycles. The van der Waals surface area contributed by atoms with Crippen molar-refractivity contribution in [2.75, 3.05) is 13.1 Å². The van der Waals surface area contributed by atoms with Crippen molar-refractivity contribution in [3.05, 3.63) is 18.0 Å². The second-order valence-electron chi connectivity index (χ2n) is 6.53. The van der Waals surface area contributed by atoms with Crippen LogP contribution in [0.3, 0.4) is 0 Å². The number of aromatic nitrogens is 2. The van der Waals surface area contributed by atoms with E-state index in [0.717, 1.165) is 5.69 Å². The molecule has 7 heteroatoms. The molecule has 2 rings (SSSR count). The Bertz CT molecular complexity index is 553. The zero-order valence-electron chi connectivity index (χ0n) is 12.8. The lowest BCUT2D eigenvalue weighted by Gasteiger charge is -2.49. The SMILES string of the molecule is Cc1ccn(C2(CC(=O)O)CN(C(=O)OC(C)(C)C)C2)n1. The zero-order chi connectivity index (χ0) is 15.8. The van der Waals surface area contributed by atoms with Crippen molar-refractivity contribution in [3.8, 4) is 0 Å². The van der Waals surface area contributed by atoms with Gasteiger partial charge in [0.05, 0.1) is 25.2 Å². The van der Waals surface area contributed by atoms with Gasteiger partial charge in [-0.2, -0.15) is 5.10 Å². The third-order valence-electron chi connectivity index (χ3n) is 3.31. The maximum absolute atomic E-state index is 12.0. The lowest BCUT2D eigenvalue weighted by atomic mass is 9.86. The van der Waals surface area contributed by atoms with Crippen LogP contribution in [-0.2, 0) is 15.1 Å². The van der Waals surface area contributed by atoms with Crippen LogP contribution in [-0.4, -0.2) is 50.5 Å². The smallest absolute Gasteiger partial charge is 0.410 e. The van der Waals surface area contributed by atoms with E-state index >= 15 is 0 Å². The molecule has 0 aliphatic carbocycles. The van der Waals surface area contributed by atoms with Gasteiger partial charge in [0.2, 0.25) is 0 Å². The summed E-state index contributed by atoms with van der Waals surface area (Å²) in [6, 6.07) is 1.82. The number of carboxylic acids is 1. The summed E-state index contributed by atoms with van der Waals surface area (Å²) in [6.45, 7) is 7.81. The summed E-state index contributed by atoms with van der Waals surface area (Å²) in [6.07, 6.45) is 1.25. The Morgan fingerprint density at radius 3 is 2.48 bits per heavy atom. The number of likely N-dealkylation sites (tertiary alicyclic amines) is 1. The molecule has 0 unspecified atom stereocenters. The van der Waals surface area contributed by atoms with Gasteiger partial charge < -0.3 is 14.7 Å². The Morgan fingerprint density at radius 1 is 1.43 bits per heavy atom. The zero-order valence-corrected chi connectivity index (χ0v) is 12.8. The average molecular weight is 295 g/mol. The fraction of sp³-hybridized carbons (Fsp3) is 0.643. The first-order valence-electron chi connectivity index (χ1n) is 6.84. The third kappa shape index (κ3) is 3.34. The van der Waals surface area contributed by atoms with Crippen molar-refractivity contribution in [2.24, 2.45) is 0 Å². The number of nitrogens with zero attached hydrogens (tertiary/aromatic N) is 3. The van der Waals surface area contributed by atoms with E-state index in [9.17, 15) is 9.59 Å². The number of rotatable bonds is 3. The lowest BCUT2D eigenvalue weighted by molar-refractivity contribution is -0.143. The van der Waals surface area contributed by atoms with Crippen LogP contribution in [0.25, 0.3) is 0 Å². The Kier molecular flexibility index (Phi) is 3.69. The molecule has 116 valence electrons. The van der Waals surface area contributed by atoms with Crippen LogP contribution in [0.2, 0.25) is 0 Å². The van der Waals surface area contributed by atoms with E-state index < -0.39 is 23.2 Å². The first kappa shape index (κ1) is 15.3. The highest BCUT2D eigenvalue weighted by Crippen LogP contribution is 2.33. The number of ether oxygens (including phenoxy) is 1. The number of carboxylic acid groups (broad SMARTS) is 1. The monoisotopic (exact) mass is 295 g/mol. The summed E-state index contributed by atoms with van der Waals surface area (Å²) in [4.78, 5) is 24.6. The maximum Gasteiger partial charge on any atom is 0.410 e. The molecule has 0 atom stereocenters. The van der Waals surface area contributed by atoms with Gasteiger partial charge in [-0.15, -0.1) is 0 Å². The lowest BCUT2D eigenvalue weighted by Crippen LogP contribution is -2.65. The molecule has 21 heavy (non-hydrogen) atoms. The fourth-order valence-corrected chi connectivity index (χ4v) is 2.42. The second kappa shape index (κ2) is 5.05. The molecule has 0 bridgehead atoms. The largest absolute Gasteiger partial charge is 0.481 e. The van der Waals surface area contributed by atoms with Gasteiger partial charge in [-0.05, 0) is 33.8 Å². The Hall–Kier alpha value is -2.05. The van der Waals surface area contributed by atoms with Crippen LogP contribution in [0.4, 0.5) is 4.79 Å². The molecule has 1 aliphatic heterocycles. The summed E-state index contributed by atoms with van der Waals surface area (Å²) in [5.41, 5.74) is -0.433. The molecule has 0 aromatic carbocycles. The predicted molar refractivity (Wildman–Crippen MR) is 75.0 cm³/mol. The molecule has 1 aromatic heterocycles. The molecule has 1 aromatic rings. The highest BCUT2D eigenvalue weighted by atomic mass is 16.6. The van der Waals surface area contributed by atoms with Crippen molar-refractivity contribution in [2.45, 2.75) is 45.3 Å². The van der Waals surface area contributed by atoms with Crippen molar-refractivity contribution in [3.63, 3.8) is 0 Å². The van der Waals surface area contributed by atoms with Gasteiger partial charge in [0, 0.05) is 6.20 Å². The molecule has 0 spiro atoms. The fourth-order valence-electron chi connectivity index (χ4n) is 2.42. The minimum atomic E-state index is -0.910. The molecule has 7 nitrogen and oxygen atoms in total. The van der Waals surface area contributed by atoms with E-state index in [1.54, 1.807) is 31.6 Å². The molecule has 1 fully saturated rings. The van der Waals surface area contributed by atoms with Crippen LogP contribution in [0.5, 0.6) is 0 Å². The second-order valence-corrected chi connectivity index (χ2v) is 6.53. The number of carbonyl (C=O) groups excluding carboxylic acids is 1. The Balaban J connectivity index is 2.10. The standard InChI is InChI=1S/C14H21N3O4/c1-10-5-6-17(15-10)14(7-11(18)19)8-16(9-14)12(20)21-13(2,3)4/h5-6H,7-9H2,1-4H3,(H,18,19). The number of aryl methyl sites for hydroxylation is 1. The molecular formula is C14H21N3O4. The molecule has 1 N–H and O–H groups in total. The number of aliphatic carboxylic acids is 1. The van der Waals surface area contributed by atoms with Gasteiger partial charge in [0.15, 0.2) is 0 Å². The van der Waals surface area contributed by atoms with Gasteiger partial charge in [0.25, 0.3) is 0 Å². The minimum absolute atomic E-state index is 0.0760. The number of hydrogen-bond acceptors (Lipinski definition) is 4. The van der Waals surface area contributed by atoms with Crippen molar-refractivity contribution < 1.29 is 19.4 Å². The third-order valence-corrected chi connectivity index (χ3v) is 3.31. The summed E-state index contributed by atoms with van der Waals surface area (Å²) < 4.78 is 6.94. The number of carbonyl (C=O) groups is 2. The van der Waals surface area contributed by atoms with E-state index in [2.05, 4.69) is 5.10 Å². The highest BCUT2D eigenvalue weighted by molar-refractivity contribution is 5.72. The van der Waals surface area contributed by atoms with Crippen LogP contribution in [0.15, 0.2) is 12.3 Å². The highest BCUT2D eigenvalue weighted by Gasteiger charge is 2.50. The van der Waals surface area contributed by atoms with Gasteiger partial charge in [-0.25, -0.2) is 4.79 Å². The van der Waals surface area contributed by atoms with E-state index in [1.165, 1.54) is 4.90 Å². The first-order chi connectivity index (χ1) is 9.61. The molecule has 1 aliphatic rings. The maximum atomic E-state index is 12.0. The normalized spacial score (nSPS) is 17.2. The summed E-state index contributed by atoms with van der Waals surface area (Å²) >= 11 is 0. The molecular weight excluding hydrogens is 274 g/mol. The first-order valence-corrected chi connectivity index (χ1v) is 6.84. The predicted octanol–water partition coefficient (Wildman–Crippen LogP) is 1.61. The summed E-state index contributed by atoms with van der Waals surface area (Å²) in [5.74, 6) is -0.910. The van der Waals surface area contributed by atoms with Crippen LogP contribution < -0.4 is 0 Å². The summed E-state index contributed by atoms with van der Waals surface area (Å²) in [5, 5.41) is 13.4. The van der Waals surface area contributed by atoms with Gasteiger partial charge in [-0.1, -0.05) is 0 Å². The average Bonchev–Trinajstić information content (AvgIpc) is 2.66.